The first-order chi connectivity index (χ1) is 5.79. The van der Waals surface area contributed by atoms with Gasteiger partial charge in [0.1, 0.15) is 5.65 Å². The number of pyridine rings is 1. The molecule has 2 rings (SSSR count). The van der Waals surface area contributed by atoms with Crippen molar-refractivity contribution in [2.45, 2.75) is 13.0 Å². The van der Waals surface area contributed by atoms with Crippen LogP contribution in [0.1, 0.15) is 18.6 Å². The maximum atomic E-state index is 9.40. The molecule has 3 nitrogen and oxygen atoms in total. The van der Waals surface area contributed by atoms with E-state index >= 15 is 0 Å². The third-order valence-electron chi connectivity index (χ3n) is 1.94. The van der Waals surface area contributed by atoms with Crippen molar-refractivity contribution in [1.29, 1.82) is 0 Å². The van der Waals surface area contributed by atoms with E-state index in [0.717, 1.165) is 16.6 Å². The van der Waals surface area contributed by atoms with Gasteiger partial charge in [-0.15, -0.1) is 0 Å². The van der Waals surface area contributed by atoms with Crippen molar-refractivity contribution >= 4 is 11.0 Å². The van der Waals surface area contributed by atoms with Crippen LogP contribution in [0.3, 0.4) is 0 Å². The third-order valence-corrected chi connectivity index (χ3v) is 1.94. The molecular weight excluding hydrogens is 152 g/mol. The molecule has 0 aliphatic heterocycles. The standard InChI is InChI=1S/C9H10N2O/c1-6(12)7-2-4-10-9-8(7)3-5-11-9/h2-6,12H,1H3,(H,10,11)/t6-/m0/s1. The van der Waals surface area contributed by atoms with Crippen LogP contribution in [0.25, 0.3) is 11.0 Å². The average molecular weight is 162 g/mol. The van der Waals surface area contributed by atoms with Gasteiger partial charge < -0.3 is 10.1 Å². The molecule has 0 amide bonds. The van der Waals surface area contributed by atoms with Crippen molar-refractivity contribution in [2.75, 3.05) is 0 Å². The summed E-state index contributed by atoms with van der Waals surface area (Å²) < 4.78 is 0. The maximum absolute atomic E-state index is 9.40. The Bertz CT molecular complexity index is 392. The molecule has 0 radical (unpaired) electrons. The third kappa shape index (κ3) is 0.987. The Morgan fingerprint density at radius 1 is 1.50 bits per heavy atom. The first kappa shape index (κ1) is 7.31. The molecule has 0 aliphatic carbocycles. The number of aromatic nitrogens is 2. The molecule has 2 heterocycles. The van der Waals surface area contributed by atoms with E-state index < -0.39 is 6.10 Å². The largest absolute Gasteiger partial charge is 0.389 e. The van der Waals surface area contributed by atoms with E-state index in [1.807, 2.05) is 18.3 Å². The number of aliphatic hydroxyl groups excluding tert-OH is 1. The first-order valence-electron chi connectivity index (χ1n) is 3.89. The first-order valence-corrected chi connectivity index (χ1v) is 3.89. The number of hydrogen-bond donors (Lipinski definition) is 2. The van der Waals surface area contributed by atoms with Gasteiger partial charge >= 0.3 is 0 Å². The SMILES string of the molecule is C[C@H](O)c1ccnc2[nH]ccc12. The average Bonchev–Trinajstić information content (AvgIpc) is 2.49. The minimum Gasteiger partial charge on any atom is -0.389 e. The number of aliphatic hydroxyl groups is 1. The molecule has 1 atom stereocenters. The maximum Gasteiger partial charge on any atom is 0.137 e. The zero-order valence-corrected chi connectivity index (χ0v) is 6.78. The highest BCUT2D eigenvalue weighted by Crippen LogP contribution is 2.20. The second-order valence-electron chi connectivity index (χ2n) is 2.82. The molecule has 62 valence electrons. The summed E-state index contributed by atoms with van der Waals surface area (Å²) in [6.07, 6.45) is 3.08. The predicted molar refractivity (Wildman–Crippen MR) is 46.7 cm³/mol. The van der Waals surface area contributed by atoms with Crippen LogP contribution in [0.4, 0.5) is 0 Å². The normalized spacial score (nSPS) is 13.5. The highest BCUT2D eigenvalue weighted by atomic mass is 16.3. The highest BCUT2D eigenvalue weighted by molar-refractivity contribution is 5.79. The van der Waals surface area contributed by atoms with Crippen LogP contribution in [-0.2, 0) is 0 Å². The summed E-state index contributed by atoms with van der Waals surface area (Å²) in [6, 6.07) is 3.76. The van der Waals surface area contributed by atoms with E-state index in [2.05, 4.69) is 9.97 Å². The van der Waals surface area contributed by atoms with Gasteiger partial charge in [-0.1, -0.05) is 0 Å². The lowest BCUT2D eigenvalue weighted by atomic mass is 10.1. The molecule has 12 heavy (non-hydrogen) atoms. The Balaban J connectivity index is 2.73. The fourth-order valence-electron chi connectivity index (χ4n) is 1.35. The second kappa shape index (κ2) is 2.60. The van der Waals surface area contributed by atoms with Crippen molar-refractivity contribution in [3.63, 3.8) is 0 Å². The van der Waals surface area contributed by atoms with Gasteiger partial charge in [-0.3, -0.25) is 0 Å². The fourth-order valence-corrected chi connectivity index (χ4v) is 1.35. The van der Waals surface area contributed by atoms with Gasteiger partial charge in [0.15, 0.2) is 0 Å². The number of hydrogen-bond acceptors (Lipinski definition) is 2. The Kier molecular flexibility index (Phi) is 1.59. The molecule has 0 fully saturated rings. The topological polar surface area (TPSA) is 48.9 Å². The lowest BCUT2D eigenvalue weighted by Gasteiger charge is -2.04. The number of fused-ring (bicyclic) bond motifs is 1. The van der Waals surface area contributed by atoms with Crippen molar-refractivity contribution in [3.8, 4) is 0 Å². The minimum atomic E-state index is -0.439. The smallest absolute Gasteiger partial charge is 0.137 e. The molecule has 0 bridgehead atoms. The summed E-state index contributed by atoms with van der Waals surface area (Å²) >= 11 is 0. The fraction of sp³-hybridized carbons (Fsp3) is 0.222. The van der Waals surface area contributed by atoms with Crippen LogP contribution in [0.15, 0.2) is 24.5 Å². The molecule has 0 saturated heterocycles. The van der Waals surface area contributed by atoms with Crippen LogP contribution in [0, 0.1) is 0 Å². The van der Waals surface area contributed by atoms with E-state index in [0.29, 0.717) is 0 Å². The summed E-state index contributed by atoms with van der Waals surface area (Å²) in [5.74, 6) is 0. The van der Waals surface area contributed by atoms with Gasteiger partial charge in [0.2, 0.25) is 0 Å². The van der Waals surface area contributed by atoms with Crippen molar-refractivity contribution < 1.29 is 5.11 Å². The molecule has 0 aromatic carbocycles. The van der Waals surface area contributed by atoms with Gasteiger partial charge in [0, 0.05) is 17.8 Å². The van der Waals surface area contributed by atoms with E-state index in [1.165, 1.54) is 0 Å². The molecule has 3 heteroatoms. The molecule has 0 aliphatic rings. The van der Waals surface area contributed by atoms with Crippen molar-refractivity contribution in [2.24, 2.45) is 0 Å². The van der Waals surface area contributed by atoms with Crippen LogP contribution in [0.5, 0.6) is 0 Å². The zero-order valence-electron chi connectivity index (χ0n) is 6.78. The van der Waals surface area contributed by atoms with E-state index in [1.54, 1.807) is 13.1 Å². The summed E-state index contributed by atoms with van der Waals surface area (Å²) in [5, 5.41) is 10.4. The summed E-state index contributed by atoms with van der Waals surface area (Å²) in [6.45, 7) is 1.75. The Labute approximate surface area is 70.1 Å². The van der Waals surface area contributed by atoms with E-state index in [9.17, 15) is 5.11 Å². The molecule has 0 saturated carbocycles. The number of H-pyrrole nitrogens is 1. The summed E-state index contributed by atoms with van der Waals surface area (Å²) in [4.78, 5) is 7.11. The van der Waals surface area contributed by atoms with Gasteiger partial charge in [-0.2, -0.15) is 0 Å². The van der Waals surface area contributed by atoms with Gasteiger partial charge in [0.25, 0.3) is 0 Å². The van der Waals surface area contributed by atoms with Gasteiger partial charge in [-0.05, 0) is 24.6 Å². The van der Waals surface area contributed by atoms with Crippen molar-refractivity contribution in [1.82, 2.24) is 9.97 Å². The second-order valence-corrected chi connectivity index (χ2v) is 2.82. The predicted octanol–water partition coefficient (Wildman–Crippen LogP) is 1.62. The van der Waals surface area contributed by atoms with Gasteiger partial charge in [0.05, 0.1) is 6.10 Å². The Hall–Kier alpha value is -1.35. The Morgan fingerprint density at radius 3 is 3.08 bits per heavy atom. The van der Waals surface area contributed by atoms with Crippen LogP contribution >= 0.6 is 0 Å². The lowest BCUT2D eigenvalue weighted by Crippen LogP contribution is -1.91. The molecule has 0 spiro atoms. The van der Waals surface area contributed by atoms with E-state index in [-0.39, 0.29) is 0 Å². The van der Waals surface area contributed by atoms with Crippen LogP contribution in [0.2, 0.25) is 0 Å². The summed E-state index contributed by atoms with van der Waals surface area (Å²) in [5.41, 5.74) is 1.75. The molecular formula is C9H10N2O. The quantitative estimate of drug-likeness (QED) is 0.669. The minimum absolute atomic E-state index is 0.439. The molecule has 2 aromatic heterocycles. The van der Waals surface area contributed by atoms with Crippen molar-refractivity contribution in [3.05, 3.63) is 30.1 Å². The monoisotopic (exact) mass is 162 g/mol. The number of nitrogens with one attached hydrogen (secondary N) is 1. The molecule has 0 unspecified atom stereocenters. The van der Waals surface area contributed by atoms with E-state index in [4.69, 9.17) is 0 Å². The molecule has 2 N–H and O–H groups in total. The summed E-state index contributed by atoms with van der Waals surface area (Å²) in [7, 11) is 0. The zero-order chi connectivity index (χ0) is 8.55. The number of rotatable bonds is 1. The van der Waals surface area contributed by atoms with Crippen LogP contribution < -0.4 is 0 Å². The lowest BCUT2D eigenvalue weighted by molar-refractivity contribution is 0.201. The van der Waals surface area contributed by atoms with Gasteiger partial charge in [-0.25, -0.2) is 4.98 Å². The number of nitrogens with zero attached hydrogens (tertiary/aromatic N) is 1. The molecule has 2 aromatic rings. The Morgan fingerprint density at radius 2 is 2.33 bits per heavy atom. The number of aromatic amines is 1. The highest BCUT2D eigenvalue weighted by Gasteiger charge is 2.06. The van der Waals surface area contributed by atoms with Crippen LogP contribution in [-0.4, -0.2) is 15.1 Å².